The smallest absolute Gasteiger partial charge is 0.335 e. The zero-order valence-corrected chi connectivity index (χ0v) is 28.5. The third-order valence-corrected chi connectivity index (χ3v) is 11.9. The normalized spacial score (nSPS) is 21.4. The van der Waals surface area contributed by atoms with Gasteiger partial charge in [-0.05, 0) is 33.3 Å². The molecule has 11 heteroatoms. The molecule has 0 spiro atoms. The summed E-state index contributed by atoms with van der Waals surface area (Å²) < 4.78 is 27.8. The summed E-state index contributed by atoms with van der Waals surface area (Å²) >= 11 is 0. The van der Waals surface area contributed by atoms with Crippen molar-refractivity contribution in [1.82, 2.24) is 9.13 Å². The van der Waals surface area contributed by atoms with Gasteiger partial charge in [0, 0.05) is 11.8 Å². The Morgan fingerprint density at radius 3 is 2.04 bits per heavy atom. The second-order valence-corrected chi connectivity index (χ2v) is 15.8. The molecule has 1 saturated heterocycles. The van der Waals surface area contributed by atoms with E-state index in [9.17, 15) is 19.8 Å². The molecule has 47 heavy (non-hydrogen) atoms. The van der Waals surface area contributed by atoms with Crippen LogP contribution in [0.5, 0.6) is 0 Å². The van der Waals surface area contributed by atoms with Gasteiger partial charge in [-0.3, -0.25) is 9.36 Å². The van der Waals surface area contributed by atoms with Gasteiger partial charge in [-0.15, -0.1) is 0 Å². The van der Waals surface area contributed by atoms with E-state index in [1.807, 2.05) is 112 Å². The Balaban J connectivity index is 1.74. The molecule has 10 nitrogen and oxygen atoms in total. The zero-order valence-electron chi connectivity index (χ0n) is 27.3. The van der Waals surface area contributed by atoms with Crippen LogP contribution in [0, 0.1) is 6.92 Å². The van der Waals surface area contributed by atoms with E-state index in [0.29, 0.717) is 0 Å². The van der Waals surface area contributed by atoms with Crippen LogP contribution >= 0.6 is 0 Å². The van der Waals surface area contributed by atoms with Gasteiger partial charge in [0.25, 0.3) is 5.56 Å². The third kappa shape index (κ3) is 7.57. The first kappa shape index (κ1) is 34.6. The molecule has 1 fully saturated rings. The van der Waals surface area contributed by atoms with E-state index in [2.05, 4.69) is 0 Å². The lowest BCUT2D eigenvalue weighted by Gasteiger charge is -2.42. The molecule has 0 saturated carbocycles. The van der Waals surface area contributed by atoms with Gasteiger partial charge in [-0.25, -0.2) is 9.36 Å². The van der Waals surface area contributed by atoms with E-state index >= 15 is 0 Å². The van der Waals surface area contributed by atoms with Crippen molar-refractivity contribution in [1.29, 1.82) is 0 Å². The van der Waals surface area contributed by atoms with Crippen LogP contribution in [0.3, 0.4) is 0 Å². The molecule has 250 valence electrons. The summed E-state index contributed by atoms with van der Waals surface area (Å²) in [6.45, 7) is 6.85. The summed E-state index contributed by atoms with van der Waals surface area (Å²) in [6, 6.07) is 29.0. The van der Waals surface area contributed by atoms with Crippen LogP contribution in [0.1, 0.15) is 31.9 Å². The summed E-state index contributed by atoms with van der Waals surface area (Å²) in [6.07, 6.45) is -1.76. The molecule has 1 aromatic heterocycles. The summed E-state index contributed by atoms with van der Waals surface area (Å²) in [7, 11) is -2.81. The highest BCUT2D eigenvalue weighted by atomic mass is 28.3. The highest BCUT2D eigenvalue weighted by Crippen LogP contribution is 2.40. The first-order valence-corrected chi connectivity index (χ1v) is 17.6. The number of aliphatic hydroxyl groups excluding tert-OH is 2. The maximum absolute atomic E-state index is 14.7. The molecular weight excluding hydrogens is 616 g/mol. The Labute approximate surface area is 276 Å². The van der Waals surface area contributed by atoms with Crippen LogP contribution < -0.4 is 21.6 Å². The molecule has 0 amide bonds. The fourth-order valence-corrected chi connectivity index (χ4v) is 10.1. The minimum atomic E-state index is -2.81. The molecule has 0 bridgehead atoms. The lowest BCUT2D eigenvalue weighted by atomic mass is 10.1. The minimum absolute atomic E-state index is 0.0175. The third-order valence-electron chi connectivity index (χ3n) is 8.24. The zero-order chi connectivity index (χ0) is 33.6. The predicted molar refractivity (Wildman–Crippen MR) is 182 cm³/mol. The van der Waals surface area contributed by atoms with Gasteiger partial charge in [0.1, 0.15) is 25.0 Å². The summed E-state index contributed by atoms with van der Waals surface area (Å²) in [5.41, 5.74) is -0.518. The van der Waals surface area contributed by atoms with Crippen molar-refractivity contribution in [2.75, 3.05) is 19.8 Å². The van der Waals surface area contributed by atoms with Crippen molar-refractivity contribution in [3.8, 4) is 0 Å². The molecule has 4 atom stereocenters. The second-order valence-electron chi connectivity index (χ2n) is 12.8. The molecule has 0 unspecified atom stereocenters. The molecule has 5 rings (SSSR count). The highest BCUT2D eigenvalue weighted by Gasteiger charge is 2.62. The lowest BCUT2D eigenvalue weighted by Crippen LogP contribution is -2.70. The Morgan fingerprint density at radius 1 is 0.915 bits per heavy atom. The van der Waals surface area contributed by atoms with E-state index in [1.54, 1.807) is 6.92 Å². The molecule has 0 aliphatic carbocycles. The van der Waals surface area contributed by atoms with E-state index in [-0.39, 0.29) is 38.7 Å². The molecular formula is C36H44N2O8Si. The van der Waals surface area contributed by atoms with Crippen LogP contribution in [-0.4, -0.2) is 71.9 Å². The van der Waals surface area contributed by atoms with Crippen molar-refractivity contribution >= 4 is 19.2 Å². The van der Waals surface area contributed by atoms with Crippen LogP contribution in [-0.2, 0) is 37.6 Å². The van der Waals surface area contributed by atoms with E-state index in [4.69, 9.17) is 18.9 Å². The van der Waals surface area contributed by atoms with E-state index < -0.39 is 49.3 Å². The van der Waals surface area contributed by atoms with Gasteiger partial charge in [-0.1, -0.05) is 101 Å². The number of hydrogen-bond donors (Lipinski definition) is 2. The van der Waals surface area contributed by atoms with Crippen LogP contribution in [0.4, 0.5) is 0 Å². The maximum atomic E-state index is 14.7. The molecule has 0 radical (unpaired) electrons. The van der Waals surface area contributed by atoms with Gasteiger partial charge < -0.3 is 29.2 Å². The molecule has 4 aromatic rings. The summed E-state index contributed by atoms with van der Waals surface area (Å²) in [5.74, 6) is 0. The van der Waals surface area contributed by atoms with Gasteiger partial charge in [0.15, 0.2) is 14.1 Å². The van der Waals surface area contributed by atoms with Crippen LogP contribution in [0.2, 0.25) is 0 Å². The van der Waals surface area contributed by atoms with E-state index in [0.717, 1.165) is 20.5 Å². The quantitative estimate of drug-likeness (QED) is 0.208. The van der Waals surface area contributed by atoms with Crippen molar-refractivity contribution in [2.24, 2.45) is 0 Å². The number of aliphatic hydroxyl groups is 2. The first-order chi connectivity index (χ1) is 22.6. The molecule has 1 aliphatic heterocycles. The monoisotopic (exact) mass is 660 g/mol. The maximum Gasteiger partial charge on any atom is 0.335 e. The second kappa shape index (κ2) is 15.0. The van der Waals surface area contributed by atoms with Crippen LogP contribution in [0.15, 0.2) is 107 Å². The Morgan fingerprint density at radius 2 is 1.49 bits per heavy atom. The summed E-state index contributed by atoms with van der Waals surface area (Å²) in [4.78, 5) is 28.2. The topological polar surface area (TPSA) is 121 Å². The standard InChI is InChI=1S/C36H44N2O8Si/c1-26-22-38(34(42)37(33(26)41)25-43-23-27-14-8-5-9-15-27)36(47(28-16-10-6-11-17-28)29-18-12-7-13-19-29)32(44-21-20-39)31(40)30(46-36)24-45-35(2,3)4/h5-19,22,30-32,39-40,47H,20-21,23-25H2,1-4H3/t30-,31-,32-,36+/m1/s1. The van der Waals surface area contributed by atoms with E-state index in [1.165, 1.54) is 10.8 Å². The average molecular weight is 661 g/mol. The Bertz CT molecular complexity index is 1670. The molecule has 1 aliphatic rings. The number of ether oxygens (including phenoxy) is 4. The SMILES string of the molecule is Cc1cn([C@]2([SiH](c3ccccc3)c3ccccc3)O[C@H](COC(C)(C)C)[C@@H](O)[C@H]2OCCO)c(=O)n(COCc2ccccc2)c1=O. The molecule has 2 N–H and O–H groups in total. The number of benzene rings is 3. The van der Waals surface area contributed by atoms with Crippen molar-refractivity contribution in [2.45, 2.75) is 70.3 Å². The van der Waals surface area contributed by atoms with Crippen LogP contribution in [0.25, 0.3) is 0 Å². The fraction of sp³-hybridized carbons (Fsp3) is 0.389. The van der Waals surface area contributed by atoms with Crippen molar-refractivity contribution in [3.05, 3.63) is 129 Å². The highest BCUT2D eigenvalue weighted by molar-refractivity contribution is 6.86. The first-order valence-electron chi connectivity index (χ1n) is 15.8. The minimum Gasteiger partial charge on any atom is -0.394 e. The fourth-order valence-electron chi connectivity index (χ4n) is 6.13. The number of hydrogen-bond acceptors (Lipinski definition) is 8. The van der Waals surface area contributed by atoms with Gasteiger partial charge >= 0.3 is 5.69 Å². The summed E-state index contributed by atoms with van der Waals surface area (Å²) in [5, 5.41) is 22.1. The average Bonchev–Trinajstić information content (AvgIpc) is 3.34. The van der Waals surface area contributed by atoms with Gasteiger partial charge in [-0.2, -0.15) is 0 Å². The largest absolute Gasteiger partial charge is 0.394 e. The molecule has 2 heterocycles. The number of rotatable bonds is 13. The number of aromatic nitrogens is 2. The Kier molecular flexibility index (Phi) is 11.1. The Hall–Kier alpha value is -3.68. The lowest BCUT2D eigenvalue weighted by molar-refractivity contribution is -0.129. The van der Waals surface area contributed by atoms with Crippen molar-refractivity contribution < 1.29 is 29.2 Å². The van der Waals surface area contributed by atoms with Gasteiger partial charge in [0.05, 0.1) is 32.0 Å². The predicted octanol–water partition coefficient (Wildman–Crippen LogP) is 1.68. The molecule has 3 aromatic carbocycles. The van der Waals surface area contributed by atoms with Crippen molar-refractivity contribution in [3.63, 3.8) is 0 Å². The number of aryl methyl sites for hydroxylation is 1. The number of nitrogens with zero attached hydrogens (tertiary/aromatic N) is 2. The van der Waals surface area contributed by atoms with Gasteiger partial charge in [0.2, 0.25) is 0 Å².